The maximum absolute atomic E-state index is 12.4. The third-order valence-electron chi connectivity index (χ3n) is 4.04. The van der Waals surface area contributed by atoms with Crippen molar-refractivity contribution in [3.8, 4) is 0 Å². The fourth-order valence-electron chi connectivity index (χ4n) is 3.01. The molecule has 0 radical (unpaired) electrons. The number of hydrogen-bond donors (Lipinski definition) is 2. The number of likely N-dealkylation sites (tertiary alicyclic amines) is 1. The van der Waals surface area contributed by atoms with E-state index in [2.05, 4.69) is 10.6 Å². The molecule has 2 N–H and O–H groups in total. The molecule has 112 valence electrons. The second kappa shape index (κ2) is 5.73. The Morgan fingerprint density at radius 3 is 2.71 bits per heavy atom. The first-order valence-electron chi connectivity index (χ1n) is 7.15. The molecule has 1 aromatic carbocycles. The largest absolute Gasteiger partial charge is 0.370 e. The Hall–Kier alpha value is -2.08. The van der Waals surface area contributed by atoms with Gasteiger partial charge in [0.2, 0.25) is 5.91 Å². The number of para-hydroxylation sites is 1. The van der Waals surface area contributed by atoms with E-state index < -0.39 is 0 Å². The molecule has 2 fully saturated rings. The van der Waals surface area contributed by atoms with Crippen molar-refractivity contribution in [2.75, 3.05) is 25.5 Å². The lowest BCUT2D eigenvalue weighted by Crippen LogP contribution is -2.50. The van der Waals surface area contributed by atoms with E-state index in [-0.39, 0.29) is 30.1 Å². The number of nitrogens with one attached hydrogen (secondary N) is 2. The first-order valence-corrected chi connectivity index (χ1v) is 7.15. The van der Waals surface area contributed by atoms with Crippen LogP contribution in [0.5, 0.6) is 0 Å². The Morgan fingerprint density at radius 1 is 1.24 bits per heavy atom. The fraction of sp³-hybridized carbons (Fsp3) is 0.467. The summed E-state index contributed by atoms with van der Waals surface area (Å²) in [6, 6.07) is 9.27. The second-order valence-electron chi connectivity index (χ2n) is 5.45. The van der Waals surface area contributed by atoms with Gasteiger partial charge in [-0.15, -0.1) is 0 Å². The van der Waals surface area contributed by atoms with E-state index in [0.29, 0.717) is 19.5 Å². The number of hydrogen-bond acceptors (Lipinski definition) is 3. The van der Waals surface area contributed by atoms with Crippen molar-refractivity contribution in [3.05, 3.63) is 30.3 Å². The smallest absolute Gasteiger partial charge is 0.317 e. The molecule has 3 atom stereocenters. The van der Waals surface area contributed by atoms with Gasteiger partial charge >= 0.3 is 6.03 Å². The maximum Gasteiger partial charge on any atom is 0.317 e. The van der Waals surface area contributed by atoms with Crippen molar-refractivity contribution in [3.63, 3.8) is 0 Å². The molecule has 21 heavy (non-hydrogen) atoms. The highest BCUT2D eigenvalue weighted by molar-refractivity contribution is 5.93. The van der Waals surface area contributed by atoms with E-state index in [0.717, 1.165) is 5.69 Å². The number of anilines is 1. The molecular formula is C15H19N3O3. The average Bonchev–Trinajstić information content (AvgIpc) is 2.81. The van der Waals surface area contributed by atoms with E-state index >= 15 is 0 Å². The van der Waals surface area contributed by atoms with E-state index in [4.69, 9.17) is 4.74 Å². The predicted octanol–water partition coefficient (Wildman–Crippen LogP) is 1.05. The quantitative estimate of drug-likeness (QED) is 0.855. The molecule has 1 aromatic rings. The summed E-state index contributed by atoms with van der Waals surface area (Å²) in [4.78, 5) is 25.8. The van der Waals surface area contributed by atoms with Crippen LogP contribution < -0.4 is 10.6 Å². The van der Waals surface area contributed by atoms with Crippen LogP contribution in [-0.2, 0) is 9.53 Å². The Labute approximate surface area is 123 Å². The molecule has 0 unspecified atom stereocenters. The van der Waals surface area contributed by atoms with Crippen LogP contribution in [0.15, 0.2) is 30.3 Å². The second-order valence-corrected chi connectivity index (χ2v) is 5.45. The van der Waals surface area contributed by atoms with Gasteiger partial charge in [0.25, 0.3) is 0 Å². The standard InChI is InChI=1S/C15H19N3O3/c1-16-15(20)18-8-11-7-12(13(9-18)21-11)14(19)17-10-5-3-2-4-6-10/h2-6,11-13H,7-9H2,1H3,(H,16,20)(H,17,19)/t11-,12-,13-/m0/s1. The number of ether oxygens (including phenoxy) is 1. The van der Waals surface area contributed by atoms with Gasteiger partial charge in [0.1, 0.15) is 0 Å². The Kier molecular flexibility index (Phi) is 3.79. The van der Waals surface area contributed by atoms with Crippen LogP contribution in [0.3, 0.4) is 0 Å². The van der Waals surface area contributed by atoms with Crippen molar-refractivity contribution < 1.29 is 14.3 Å². The van der Waals surface area contributed by atoms with Gasteiger partial charge in [-0.1, -0.05) is 18.2 Å². The number of nitrogens with zero attached hydrogens (tertiary/aromatic N) is 1. The summed E-state index contributed by atoms with van der Waals surface area (Å²) < 4.78 is 5.81. The van der Waals surface area contributed by atoms with E-state index in [9.17, 15) is 9.59 Å². The van der Waals surface area contributed by atoms with Gasteiger partial charge in [-0.25, -0.2) is 4.79 Å². The van der Waals surface area contributed by atoms with E-state index in [1.54, 1.807) is 11.9 Å². The van der Waals surface area contributed by atoms with Gasteiger partial charge in [-0.2, -0.15) is 0 Å². The van der Waals surface area contributed by atoms with Gasteiger partial charge < -0.3 is 20.3 Å². The third-order valence-corrected chi connectivity index (χ3v) is 4.04. The normalized spacial score (nSPS) is 27.3. The van der Waals surface area contributed by atoms with Crippen molar-refractivity contribution in [1.82, 2.24) is 10.2 Å². The van der Waals surface area contributed by atoms with Crippen LogP contribution in [0.2, 0.25) is 0 Å². The molecule has 0 aliphatic carbocycles. The number of carbonyl (C=O) groups is 2. The summed E-state index contributed by atoms with van der Waals surface area (Å²) >= 11 is 0. The molecule has 0 saturated carbocycles. The zero-order valence-electron chi connectivity index (χ0n) is 11.9. The van der Waals surface area contributed by atoms with Crippen LogP contribution >= 0.6 is 0 Å². The van der Waals surface area contributed by atoms with Gasteiger partial charge in [0.15, 0.2) is 0 Å². The zero-order chi connectivity index (χ0) is 14.8. The monoisotopic (exact) mass is 289 g/mol. The van der Waals surface area contributed by atoms with Crippen molar-refractivity contribution >= 4 is 17.6 Å². The molecule has 2 aliphatic heterocycles. The number of amides is 3. The molecule has 6 nitrogen and oxygen atoms in total. The highest BCUT2D eigenvalue weighted by Crippen LogP contribution is 2.32. The van der Waals surface area contributed by atoms with Crippen molar-refractivity contribution in [2.45, 2.75) is 18.6 Å². The van der Waals surface area contributed by atoms with Crippen LogP contribution in [0.1, 0.15) is 6.42 Å². The predicted molar refractivity (Wildman–Crippen MR) is 77.9 cm³/mol. The van der Waals surface area contributed by atoms with Crippen LogP contribution in [-0.4, -0.2) is 49.2 Å². The number of rotatable bonds is 2. The number of carbonyl (C=O) groups excluding carboxylic acids is 2. The number of fused-ring (bicyclic) bond motifs is 2. The zero-order valence-corrected chi connectivity index (χ0v) is 11.9. The van der Waals surface area contributed by atoms with Gasteiger partial charge in [-0.05, 0) is 18.6 Å². The molecule has 2 heterocycles. The minimum Gasteiger partial charge on any atom is -0.370 e. The maximum atomic E-state index is 12.4. The first-order chi connectivity index (χ1) is 10.2. The topological polar surface area (TPSA) is 70.7 Å². The average molecular weight is 289 g/mol. The third kappa shape index (κ3) is 2.85. The molecule has 0 spiro atoms. The van der Waals surface area contributed by atoms with Crippen LogP contribution in [0.4, 0.5) is 10.5 Å². The summed E-state index contributed by atoms with van der Waals surface area (Å²) in [5.74, 6) is -0.239. The van der Waals surface area contributed by atoms with Crippen LogP contribution in [0, 0.1) is 5.92 Å². The molecule has 3 rings (SSSR count). The Bertz CT molecular complexity index is 534. The minimum absolute atomic E-state index is 0.0348. The molecule has 0 aromatic heterocycles. The summed E-state index contributed by atoms with van der Waals surface area (Å²) in [7, 11) is 1.61. The van der Waals surface area contributed by atoms with E-state index in [1.165, 1.54) is 0 Å². The minimum atomic E-state index is -0.218. The number of urea groups is 1. The first kappa shape index (κ1) is 13.9. The summed E-state index contributed by atoms with van der Waals surface area (Å²) in [5, 5.41) is 5.53. The summed E-state index contributed by atoms with van der Waals surface area (Å²) in [5.41, 5.74) is 0.784. The lowest BCUT2D eigenvalue weighted by Gasteiger charge is -2.32. The molecule has 3 amide bonds. The lowest BCUT2D eigenvalue weighted by atomic mass is 9.99. The molecule has 6 heteroatoms. The lowest BCUT2D eigenvalue weighted by molar-refractivity contribution is -0.122. The van der Waals surface area contributed by atoms with Crippen molar-refractivity contribution in [2.24, 2.45) is 5.92 Å². The molecule has 2 aliphatic rings. The van der Waals surface area contributed by atoms with Crippen LogP contribution in [0.25, 0.3) is 0 Å². The summed E-state index contributed by atoms with van der Waals surface area (Å²) in [6.45, 7) is 1.01. The highest BCUT2D eigenvalue weighted by atomic mass is 16.5. The Balaban J connectivity index is 1.65. The molecule has 2 bridgehead atoms. The fourth-order valence-corrected chi connectivity index (χ4v) is 3.01. The Morgan fingerprint density at radius 2 is 2.00 bits per heavy atom. The van der Waals surface area contributed by atoms with Gasteiger partial charge in [-0.3, -0.25) is 4.79 Å². The van der Waals surface area contributed by atoms with Gasteiger partial charge in [0.05, 0.1) is 18.1 Å². The van der Waals surface area contributed by atoms with Crippen molar-refractivity contribution in [1.29, 1.82) is 0 Å². The number of benzene rings is 1. The highest BCUT2D eigenvalue weighted by Gasteiger charge is 2.45. The summed E-state index contributed by atoms with van der Waals surface area (Å²) in [6.07, 6.45) is 0.397. The molecular weight excluding hydrogens is 270 g/mol. The molecule has 2 saturated heterocycles. The van der Waals surface area contributed by atoms with E-state index in [1.807, 2.05) is 30.3 Å². The SMILES string of the molecule is CNC(=O)N1C[C@@H]2C[C@H](C(=O)Nc3ccccc3)[C@H](C1)O2. The number of morpholine rings is 1. The van der Waals surface area contributed by atoms with Gasteiger partial charge in [0, 0.05) is 25.8 Å².